The van der Waals surface area contributed by atoms with Crippen LogP contribution in [0.15, 0.2) is 91.1 Å². The molecule has 0 saturated heterocycles. The molecule has 1 amide bonds. The number of nitrogens with one attached hydrogen (secondary N) is 1. The first-order chi connectivity index (χ1) is 19.2. The number of fused-ring (bicyclic) bond motifs is 1. The average molecular weight is 568 g/mol. The number of carbonyl (C=O) groups is 2. The Bertz CT molecular complexity index is 1770. The third-order valence-electron chi connectivity index (χ3n) is 6.73. The predicted molar refractivity (Wildman–Crippen MR) is 157 cm³/mol. The maximum absolute atomic E-state index is 13.8. The third-order valence-corrected chi connectivity index (χ3v) is 7.17. The van der Waals surface area contributed by atoms with Gasteiger partial charge < -0.3 is 15.0 Å². The second kappa shape index (κ2) is 11.3. The number of hydrogen-bond donors (Lipinski definition) is 2. The second-order valence-electron chi connectivity index (χ2n) is 9.49. The van der Waals surface area contributed by atoms with Crippen LogP contribution in [0.3, 0.4) is 0 Å². The van der Waals surface area contributed by atoms with Gasteiger partial charge >= 0.3 is 5.97 Å². The molecule has 1 heterocycles. The Hall–Kier alpha value is -4.57. The van der Waals surface area contributed by atoms with Crippen LogP contribution >= 0.6 is 23.2 Å². The summed E-state index contributed by atoms with van der Waals surface area (Å²) >= 11 is 12.5. The zero-order chi connectivity index (χ0) is 28.4. The standard InChI is InChI=1S/C32H23Cl2N3O3/c1-19(22-6-8-24(9-7-22)32(39)40)36-31(38)29-15-26(23-4-2-20(17-35)3-5-23)14-25-10-11-37(30(25)29)18-21-12-27(33)16-28(34)13-21/h2-16,19H,18H2,1H3,(H,36,38)(H,39,40)/t19-/m0/s1. The lowest BCUT2D eigenvalue weighted by Crippen LogP contribution is -2.27. The second-order valence-corrected chi connectivity index (χ2v) is 10.4. The number of nitriles is 1. The van der Waals surface area contributed by atoms with E-state index in [9.17, 15) is 20.0 Å². The molecule has 0 fully saturated rings. The maximum atomic E-state index is 13.8. The molecule has 8 heteroatoms. The van der Waals surface area contributed by atoms with Crippen LogP contribution in [0.4, 0.5) is 0 Å². The zero-order valence-electron chi connectivity index (χ0n) is 21.4. The first-order valence-corrected chi connectivity index (χ1v) is 13.2. The van der Waals surface area contributed by atoms with Crippen LogP contribution in [0.1, 0.15) is 50.4 Å². The molecule has 0 unspecified atom stereocenters. The van der Waals surface area contributed by atoms with Crippen molar-refractivity contribution in [1.29, 1.82) is 5.26 Å². The molecule has 0 aliphatic heterocycles. The van der Waals surface area contributed by atoms with E-state index in [1.807, 2.05) is 60.2 Å². The van der Waals surface area contributed by atoms with Crippen molar-refractivity contribution in [2.24, 2.45) is 0 Å². The summed E-state index contributed by atoms with van der Waals surface area (Å²) in [4.78, 5) is 25.0. The fraction of sp³-hybridized carbons (Fsp3) is 0.0938. The van der Waals surface area contributed by atoms with Gasteiger partial charge in [-0.3, -0.25) is 4.79 Å². The third kappa shape index (κ3) is 5.72. The van der Waals surface area contributed by atoms with Gasteiger partial charge in [0.25, 0.3) is 5.91 Å². The van der Waals surface area contributed by atoms with Gasteiger partial charge in [0.1, 0.15) is 0 Å². The van der Waals surface area contributed by atoms with Gasteiger partial charge in [0, 0.05) is 28.2 Å². The Morgan fingerprint density at radius 3 is 2.23 bits per heavy atom. The number of halogens is 2. The molecule has 0 aliphatic rings. The molecule has 0 bridgehead atoms. The molecule has 5 rings (SSSR count). The summed E-state index contributed by atoms with van der Waals surface area (Å²) in [6.07, 6.45) is 1.92. The normalized spacial score (nSPS) is 11.7. The highest BCUT2D eigenvalue weighted by molar-refractivity contribution is 6.34. The van der Waals surface area contributed by atoms with Gasteiger partial charge in [-0.1, -0.05) is 47.5 Å². The summed E-state index contributed by atoms with van der Waals surface area (Å²) < 4.78 is 1.99. The van der Waals surface area contributed by atoms with Crippen LogP contribution in [0.5, 0.6) is 0 Å². The Labute approximate surface area is 241 Å². The van der Waals surface area contributed by atoms with Gasteiger partial charge in [0.15, 0.2) is 0 Å². The summed E-state index contributed by atoms with van der Waals surface area (Å²) in [7, 11) is 0. The Kier molecular flexibility index (Phi) is 7.61. The quantitative estimate of drug-likeness (QED) is 0.210. The minimum Gasteiger partial charge on any atom is -0.478 e. The van der Waals surface area contributed by atoms with E-state index in [0.717, 1.165) is 33.2 Å². The van der Waals surface area contributed by atoms with Crippen LogP contribution in [0.25, 0.3) is 22.0 Å². The molecule has 0 radical (unpaired) electrons. The van der Waals surface area contributed by atoms with E-state index in [2.05, 4.69) is 11.4 Å². The summed E-state index contributed by atoms with van der Waals surface area (Å²) in [6, 6.07) is 26.6. The van der Waals surface area contributed by atoms with Crippen molar-refractivity contribution in [1.82, 2.24) is 9.88 Å². The number of nitrogens with zero attached hydrogens (tertiary/aromatic N) is 2. The monoisotopic (exact) mass is 567 g/mol. The van der Waals surface area contributed by atoms with Crippen molar-refractivity contribution in [3.63, 3.8) is 0 Å². The highest BCUT2D eigenvalue weighted by atomic mass is 35.5. The molecule has 0 saturated carbocycles. The highest BCUT2D eigenvalue weighted by Gasteiger charge is 2.19. The molecule has 1 atom stereocenters. The van der Waals surface area contributed by atoms with Crippen molar-refractivity contribution in [2.45, 2.75) is 19.5 Å². The molecule has 0 aliphatic carbocycles. The zero-order valence-corrected chi connectivity index (χ0v) is 22.9. The molecule has 5 aromatic rings. The topological polar surface area (TPSA) is 95.1 Å². The van der Waals surface area contributed by atoms with Gasteiger partial charge in [0.2, 0.25) is 0 Å². The lowest BCUT2D eigenvalue weighted by molar-refractivity contribution is 0.0696. The van der Waals surface area contributed by atoms with E-state index in [1.165, 1.54) is 12.1 Å². The summed E-state index contributed by atoms with van der Waals surface area (Å²) in [5.74, 6) is -1.29. The molecule has 0 spiro atoms. The molecule has 1 aromatic heterocycles. The van der Waals surface area contributed by atoms with E-state index >= 15 is 0 Å². The number of carboxylic acid groups (broad SMARTS) is 1. The first kappa shape index (κ1) is 27.0. The van der Waals surface area contributed by atoms with Crippen LogP contribution < -0.4 is 5.32 Å². The lowest BCUT2D eigenvalue weighted by atomic mass is 9.98. The maximum Gasteiger partial charge on any atom is 0.335 e. The number of hydrogen-bond acceptors (Lipinski definition) is 3. The molecular formula is C32H23Cl2N3O3. The van der Waals surface area contributed by atoms with E-state index in [4.69, 9.17) is 23.2 Å². The van der Waals surface area contributed by atoms with E-state index in [1.54, 1.807) is 30.3 Å². The van der Waals surface area contributed by atoms with Crippen LogP contribution in [-0.4, -0.2) is 21.6 Å². The van der Waals surface area contributed by atoms with Gasteiger partial charge in [0.05, 0.1) is 34.3 Å². The Balaban J connectivity index is 1.56. The fourth-order valence-corrected chi connectivity index (χ4v) is 5.30. The Morgan fingerprint density at radius 1 is 0.925 bits per heavy atom. The SMILES string of the molecule is C[C@H](NC(=O)c1cc(-c2ccc(C#N)cc2)cc2ccn(Cc3cc(Cl)cc(Cl)c3)c12)c1ccc(C(=O)O)cc1. The number of carboxylic acids is 1. The van der Waals surface area contributed by atoms with E-state index in [0.29, 0.717) is 27.7 Å². The minimum absolute atomic E-state index is 0.179. The number of benzene rings is 4. The molecule has 198 valence electrons. The predicted octanol–water partition coefficient (Wildman–Crippen LogP) is 7.72. The number of amides is 1. The van der Waals surface area contributed by atoms with Crippen molar-refractivity contribution < 1.29 is 14.7 Å². The number of rotatable bonds is 7. The van der Waals surface area contributed by atoms with Crippen LogP contribution in [0, 0.1) is 11.3 Å². The van der Waals surface area contributed by atoms with Crippen molar-refractivity contribution in [3.8, 4) is 17.2 Å². The summed E-state index contributed by atoms with van der Waals surface area (Å²) in [5.41, 5.74) is 5.34. The number of carbonyl (C=O) groups excluding carboxylic acids is 1. The van der Waals surface area contributed by atoms with Gasteiger partial charge in [-0.15, -0.1) is 0 Å². The van der Waals surface area contributed by atoms with E-state index in [-0.39, 0.29) is 17.5 Å². The summed E-state index contributed by atoms with van der Waals surface area (Å²) in [6.45, 7) is 2.30. The molecule has 2 N–H and O–H groups in total. The molecule has 6 nitrogen and oxygen atoms in total. The smallest absolute Gasteiger partial charge is 0.335 e. The average Bonchev–Trinajstić information content (AvgIpc) is 3.34. The largest absolute Gasteiger partial charge is 0.478 e. The minimum atomic E-state index is -1.01. The molecule has 4 aromatic carbocycles. The van der Waals surface area contributed by atoms with Crippen molar-refractivity contribution in [3.05, 3.63) is 129 Å². The van der Waals surface area contributed by atoms with Gasteiger partial charge in [-0.25, -0.2) is 4.79 Å². The lowest BCUT2D eigenvalue weighted by Gasteiger charge is -2.17. The van der Waals surface area contributed by atoms with Gasteiger partial charge in [-0.05, 0) is 89.8 Å². The number of aromatic carboxylic acids is 1. The Morgan fingerprint density at radius 2 is 1.60 bits per heavy atom. The molecule has 40 heavy (non-hydrogen) atoms. The van der Waals surface area contributed by atoms with Crippen LogP contribution in [0.2, 0.25) is 10.0 Å². The fourth-order valence-electron chi connectivity index (χ4n) is 4.73. The first-order valence-electron chi connectivity index (χ1n) is 12.4. The van der Waals surface area contributed by atoms with E-state index < -0.39 is 5.97 Å². The van der Waals surface area contributed by atoms with Gasteiger partial charge in [-0.2, -0.15) is 5.26 Å². The highest BCUT2D eigenvalue weighted by Crippen LogP contribution is 2.31. The van der Waals surface area contributed by atoms with Crippen molar-refractivity contribution >= 4 is 46.0 Å². The summed E-state index contributed by atoms with van der Waals surface area (Å²) in [5, 5.41) is 23.4. The van der Waals surface area contributed by atoms with Crippen molar-refractivity contribution in [2.75, 3.05) is 0 Å². The van der Waals surface area contributed by atoms with Crippen LogP contribution in [-0.2, 0) is 6.54 Å². The molecular weight excluding hydrogens is 545 g/mol. The number of aromatic nitrogens is 1.